The van der Waals surface area contributed by atoms with Crippen LogP contribution < -0.4 is 0 Å². The molecular formula is C21H21ClN4O2. The Bertz CT molecular complexity index is 1180. The van der Waals surface area contributed by atoms with Gasteiger partial charge in [0.05, 0.1) is 48.3 Å². The molecule has 2 aromatic carbocycles. The molecule has 2 heterocycles. The molecule has 2 aromatic heterocycles. The molecule has 0 aliphatic heterocycles. The summed E-state index contributed by atoms with van der Waals surface area (Å²) < 4.78 is 8.88. The standard InChI is InChI=1S/C21H21ClN4O2/c1-13(2)10-26-20-15(9-24-26)6-17(22)7-16(20)11-25-12-23-18-8-14(21(27)28-3)4-5-19(18)25/h4-9,12-13H,10-11H2,1-3H3. The molecule has 0 unspecified atom stereocenters. The summed E-state index contributed by atoms with van der Waals surface area (Å²) in [4.78, 5) is 16.2. The molecule has 0 atom stereocenters. The van der Waals surface area contributed by atoms with E-state index in [1.807, 2.05) is 33.6 Å². The second-order valence-electron chi connectivity index (χ2n) is 7.29. The molecule has 6 nitrogen and oxygen atoms in total. The molecule has 4 rings (SSSR count). The lowest BCUT2D eigenvalue weighted by Gasteiger charge is -2.12. The fourth-order valence-electron chi connectivity index (χ4n) is 3.50. The number of ether oxygens (including phenoxy) is 1. The molecule has 0 saturated carbocycles. The summed E-state index contributed by atoms with van der Waals surface area (Å²) in [6.07, 6.45) is 3.64. The zero-order valence-corrected chi connectivity index (χ0v) is 16.8. The minimum Gasteiger partial charge on any atom is -0.465 e. The molecule has 0 aliphatic rings. The maximum atomic E-state index is 11.8. The van der Waals surface area contributed by atoms with Crippen LogP contribution in [0.5, 0.6) is 0 Å². The molecule has 7 heteroatoms. The van der Waals surface area contributed by atoms with Gasteiger partial charge in [-0.25, -0.2) is 9.78 Å². The topological polar surface area (TPSA) is 61.9 Å². The summed E-state index contributed by atoms with van der Waals surface area (Å²) in [5.74, 6) is 0.114. The molecule has 0 radical (unpaired) electrons. The van der Waals surface area contributed by atoms with Gasteiger partial charge in [-0.2, -0.15) is 5.10 Å². The van der Waals surface area contributed by atoms with Crippen molar-refractivity contribution in [2.24, 2.45) is 5.92 Å². The summed E-state index contributed by atoms with van der Waals surface area (Å²) in [6.45, 7) is 5.79. The highest BCUT2D eigenvalue weighted by molar-refractivity contribution is 6.31. The number of carbonyl (C=O) groups is 1. The van der Waals surface area contributed by atoms with Gasteiger partial charge in [-0.05, 0) is 41.8 Å². The van der Waals surface area contributed by atoms with Crippen LogP contribution in [0.3, 0.4) is 0 Å². The highest BCUT2D eigenvalue weighted by Gasteiger charge is 2.14. The Hall–Kier alpha value is -2.86. The van der Waals surface area contributed by atoms with Gasteiger partial charge in [0.25, 0.3) is 0 Å². The number of aromatic nitrogens is 4. The van der Waals surface area contributed by atoms with Gasteiger partial charge in [0.15, 0.2) is 0 Å². The van der Waals surface area contributed by atoms with E-state index in [0.29, 0.717) is 23.0 Å². The van der Waals surface area contributed by atoms with Gasteiger partial charge in [-0.3, -0.25) is 4.68 Å². The van der Waals surface area contributed by atoms with Crippen molar-refractivity contribution in [2.75, 3.05) is 7.11 Å². The lowest BCUT2D eigenvalue weighted by Crippen LogP contribution is -2.08. The number of carbonyl (C=O) groups excluding carboxylic acids is 1. The average Bonchev–Trinajstić information content (AvgIpc) is 3.24. The zero-order valence-electron chi connectivity index (χ0n) is 16.0. The Morgan fingerprint density at radius 3 is 2.82 bits per heavy atom. The van der Waals surface area contributed by atoms with Gasteiger partial charge < -0.3 is 9.30 Å². The molecular weight excluding hydrogens is 376 g/mol. The zero-order chi connectivity index (χ0) is 19.8. The summed E-state index contributed by atoms with van der Waals surface area (Å²) in [5, 5.41) is 6.26. The summed E-state index contributed by atoms with van der Waals surface area (Å²) in [5.41, 5.74) is 4.34. The van der Waals surface area contributed by atoms with Gasteiger partial charge >= 0.3 is 5.97 Å². The lowest BCUT2D eigenvalue weighted by molar-refractivity contribution is 0.0601. The van der Waals surface area contributed by atoms with Crippen molar-refractivity contribution in [3.63, 3.8) is 0 Å². The summed E-state index contributed by atoms with van der Waals surface area (Å²) in [6, 6.07) is 9.31. The first kappa shape index (κ1) is 18.5. The minimum atomic E-state index is -0.370. The van der Waals surface area contributed by atoms with Crippen LogP contribution in [0.2, 0.25) is 5.02 Å². The molecule has 0 amide bonds. The summed E-state index contributed by atoms with van der Waals surface area (Å²) >= 11 is 6.36. The Labute approximate surface area is 167 Å². The van der Waals surface area contributed by atoms with E-state index in [0.717, 1.165) is 34.0 Å². The third kappa shape index (κ3) is 3.36. The van der Waals surface area contributed by atoms with E-state index in [1.54, 1.807) is 18.5 Å². The van der Waals surface area contributed by atoms with E-state index < -0.39 is 0 Å². The number of hydrogen-bond donors (Lipinski definition) is 0. The third-order valence-electron chi connectivity index (χ3n) is 4.70. The largest absolute Gasteiger partial charge is 0.465 e. The first-order chi connectivity index (χ1) is 13.5. The number of imidazole rings is 1. The van der Waals surface area contributed by atoms with E-state index in [2.05, 4.69) is 23.9 Å². The second kappa shape index (κ2) is 7.28. The number of methoxy groups -OCH3 is 1. The van der Waals surface area contributed by atoms with E-state index in [4.69, 9.17) is 16.3 Å². The first-order valence-corrected chi connectivity index (χ1v) is 9.51. The number of rotatable bonds is 5. The van der Waals surface area contributed by atoms with E-state index in [9.17, 15) is 4.79 Å². The Kier molecular flexibility index (Phi) is 4.81. The van der Waals surface area contributed by atoms with Crippen molar-refractivity contribution in [3.05, 3.63) is 59.0 Å². The van der Waals surface area contributed by atoms with Crippen LogP contribution >= 0.6 is 11.6 Å². The highest BCUT2D eigenvalue weighted by atomic mass is 35.5. The number of benzene rings is 2. The predicted octanol–water partition coefficient (Wildman–Crippen LogP) is 4.53. The Morgan fingerprint density at radius 1 is 1.25 bits per heavy atom. The smallest absolute Gasteiger partial charge is 0.337 e. The first-order valence-electron chi connectivity index (χ1n) is 9.13. The second-order valence-corrected chi connectivity index (χ2v) is 7.73. The average molecular weight is 397 g/mol. The molecule has 0 fully saturated rings. The molecule has 4 aromatic rings. The molecule has 0 N–H and O–H groups in total. The quantitative estimate of drug-likeness (QED) is 0.465. The van der Waals surface area contributed by atoms with Crippen LogP contribution in [-0.2, 0) is 17.8 Å². The molecule has 144 valence electrons. The predicted molar refractivity (Wildman–Crippen MR) is 110 cm³/mol. The van der Waals surface area contributed by atoms with Gasteiger partial charge in [0, 0.05) is 17.0 Å². The van der Waals surface area contributed by atoms with Crippen molar-refractivity contribution in [2.45, 2.75) is 26.9 Å². The monoisotopic (exact) mass is 396 g/mol. The number of nitrogens with zero attached hydrogens (tertiary/aromatic N) is 4. The molecule has 0 bridgehead atoms. The third-order valence-corrected chi connectivity index (χ3v) is 4.92. The van der Waals surface area contributed by atoms with Crippen molar-refractivity contribution in [3.8, 4) is 0 Å². The fraction of sp³-hybridized carbons (Fsp3) is 0.286. The van der Waals surface area contributed by atoms with Crippen LogP contribution in [0.1, 0.15) is 29.8 Å². The van der Waals surface area contributed by atoms with E-state index in [-0.39, 0.29) is 5.97 Å². The number of esters is 1. The van der Waals surface area contributed by atoms with Crippen molar-refractivity contribution in [1.29, 1.82) is 0 Å². The van der Waals surface area contributed by atoms with E-state index in [1.165, 1.54) is 7.11 Å². The maximum Gasteiger partial charge on any atom is 0.337 e. The molecule has 0 saturated heterocycles. The number of hydrogen-bond acceptors (Lipinski definition) is 4. The van der Waals surface area contributed by atoms with Crippen LogP contribution in [0.4, 0.5) is 0 Å². The number of halogens is 1. The molecule has 28 heavy (non-hydrogen) atoms. The lowest BCUT2D eigenvalue weighted by atomic mass is 10.1. The maximum absolute atomic E-state index is 11.8. The normalized spacial score (nSPS) is 11.6. The van der Waals surface area contributed by atoms with Crippen molar-refractivity contribution < 1.29 is 9.53 Å². The van der Waals surface area contributed by atoms with Gasteiger partial charge in [0.1, 0.15) is 0 Å². The van der Waals surface area contributed by atoms with Crippen LogP contribution in [-0.4, -0.2) is 32.4 Å². The van der Waals surface area contributed by atoms with E-state index >= 15 is 0 Å². The molecule has 0 aliphatic carbocycles. The summed E-state index contributed by atoms with van der Waals surface area (Å²) in [7, 11) is 1.37. The van der Waals surface area contributed by atoms with Crippen molar-refractivity contribution in [1.82, 2.24) is 19.3 Å². The van der Waals surface area contributed by atoms with Crippen LogP contribution in [0.25, 0.3) is 21.9 Å². The minimum absolute atomic E-state index is 0.370. The van der Waals surface area contributed by atoms with Gasteiger partial charge in [0.2, 0.25) is 0 Å². The van der Waals surface area contributed by atoms with Crippen LogP contribution in [0.15, 0.2) is 42.9 Å². The Balaban J connectivity index is 1.77. The molecule has 0 spiro atoms. The van der Waals surface area contributed by atoms with Crippen molar-refractivity contribution >= 4 is 39.5 Å². The van der Waals surface area contributed by atoms with Gasteiger partial charge in [-0.15, -0.1) is 0 Å². The highest BCUT2D eigenvalue weighted by Crippen LogP contribution is 2.27. The van der Waals surface area contributed by atoms with Gasteiger partial charge in [-0.1, -0.05) is 25.4 Å². The Morgan fingerprint density at radius 2 is 2.07 bits per heavy atom. The van der Waals surface area contributed by atoms with Crippen LogP contribution in [0, 0.1) is 5.92 Å². The SMILES string of the molecule is COC(=O)c1ccc2c(c1)ncn2Cc1cc(Cl)cc2cnn(CC(C)C)c12. The number of fused-ring (bicyclic) bond motifs is 2. The fourth-order valence-corrected chi connectivity index (χ4v) is 3.75.